The molecule has 8 heteroatoms. The van der Waals surface area contributed by atoms with Crippen LogP contribution in [0.15, 0.2) is 42.5 Å². The number of hydrogen-bond donors (Lipinski definition) is 1. The predicted octanol–water partition coefficient (Wildman–Crippen LogP) is 2.75. The Morgan fingerprint density at radius 1 is 1.08 bits per heavy atom. The third-order valence-corrected chi connectivity index (χ3v) is 6.87. The average molecular weight is 507 g/mol. The summed E-state index contributed by atoms with van der Waals surface area (Å²) in [5.74, 6) is 6.22. The number of ether oxygens (including phenoxy) is 3. The zero-order chi connectivity index (χ0) is 26.1. The van der Waals surface area contributed by atoms with Crippen LogP contribution < -0.4 is 4.74 Å². The van der Waals surface area contributed by atoms with Crippen LogP contribution in [0, 0.1) is 17.8 Å². The molecule has 2 bridgehead atoms. The number of pyridine rings is 1. The molecule has 3 saturated heterocycles. The van der Waals surface area contributed by atoms with Gasteiger partial charge in [0.25, 0.3) is 0 Å². The second-order valence-electron chi connectivity index (χ2n) is 9.53. The summed E-state index contributed by atoms with van der Waals surface area (Å²) in [5.41, 5.74) is 1.69. The van der Waals surface area contributed by atoms with Crippen molar-refractivity contribution in [2.24, 2.45) is 5.92 Å². The first-order valence-electron chi connectivity index (χ1n) is 12.8. The minimum Gasteiger partial charge on any atom is -0.478 e. The van der Waals surface area contributed by atoms with E-state index in [1.54, 1.807) is 6.07 Å². The molecule has 0 spiro atoms. The van der Waals surface area contributed by atoms with Crippen molar-refractivity contribution in [3.8, 4) is 17.7 Å². The zero-order valence-corrected chi connectivity index (χ0v) is 21.3. The summed E-state index contributed by atoms with van der Waals surface area (Å²) in [6.07, 6.45) is 3.04. The van der Waals surface area contributed by atoms with E-state index in [9.17, 15) is 14.7 Å². The van der Waals surface area contributed by atoms with Crippen molar-refractivity contribution in [1.29, 1.82) is 0 Å². The van der Waals surface area contributed by atoms with Gasteiger partial charge in [-0.05, 0) is 37.6 Å². The van der Waals surface area contributed by atoms with Gasteiger partial charge in [0.15, 0.2) is 0 Å². The smallest absolute Gasteiger partial charge is 0.306 e. The van der Waals surface area contributed by atoms with Crippen LogP contribution in [0.2, 0.25) is 0 Å². The van der Waals surface area contributed by atoms with Gasteiger partial charge in [0.2, 0.25) is 5.88 Å². The third kappa shape index (κ3) is 7.54. The molecule has 1 N–H and O–H groups in total. The molecule has 1 atom stereocenters. The van der Waals surface area contributed by atoms with Gasteiger partial charge in [-0.1, -0.05) is 42.2 Å². The Balaban J connectivity index is 1.37. The number of aromatic nitrogens is 1. The fourth-order valence-electron chi connectivity index (χ4n) is 4.76. The van der Waals surface area contributed by atoms with Crippen molar-refractivity contribution < 1.29 is 28.9 Å². The van der Waals surface area contributed by atoms with E-state index in [0.29, 0.717) is 31.9 Å². The maximum absolute atomic E-state index is 11.7. The summed E-state index contributed by atoms with van der Waals surface area (Å²) in [7, 11) is 1.28. The number of aliphatic hydroxyl groups is 1. The molecule has 8 nitrogen and oxygen atoms in total. The number of esters is 2. The highest BCUT2D eigenvalue weighted by molar-refractivity contribution is 5.77. The number of benzene rings is 1. The molecule has 0 radical (unpaired) electrons. The Kier molecular flexibility index (Phi) is 9.15. The molecule has 1 unspecified atom stereocenters. The molecule has 1 aromatic carbocycles. The maximum atomic E-state index is 11.7. The van der Waals surface area contributed by atoms with Crippen molar-refractivity contribution in [3.63, 3.8) is 0 Å². The molecule has 0 amide bonds. The topological polar surface area (TPSA) is 98.2 Å². The van der Waals surface area contributed by atoms with E-state index in [1.807, 2.05) is 36.4 Å². The van der Waals surface area contributed by atoms with E-state index < -0.39 is 17.5 Å². The lowest BCUT2D eigenvalue weighted by Crippen LogP contribution is -2.58. The standard InChI is InChI=1S/C29H34N2O6/c1-35-27(32)10-11-28(33)37-19-5-18-36-26-9-8-23(25(30-26)20-22-6-3-2-4-7-22)12-15-29(34)21-31-16-13-24(29)14-17-31/h2-4,6-9,24,34H,5,10-11,13-14,16-21H2,1H3. The Morgan fingerprint density at radius 2 is 1.84 bits per heavy atom. The minimum atomic E-state index is -0.982. The fourth-order valence-corrected chi connectivity index (χ4v) is 4.76. The van der Waals surface area contributed by atoms with Crippen LogP contribution in [0.1, 0.15) is 48.9 Å². The molecule has 1 aromatic heterocycles. The lowest BCUT2D eigenvalue weighted by molar-refractivity contribution is -0.149. The molecule has 4 heterocycles. The van der Waals surface area contributed by atoms with Crippen molar-refractivity contribution in [1.82, 2.24) is 9.88 Å². The van der Waals surface area contributed by atoms with Gasteiger partial charge in [-0.3, -0.25) is 14.5 Å². The molecule has 37 heavy (non-hydrogen) atoms. The minimum absolute atomic E-state index is 0.00546. The molecular weight excluding hydrogens is 472 g/mol. The molecule has 2 aromatic rings. The highest BCUT2D eigenvalue weighted by Crippen LogP contribution is 2.35. The number of nitrogens with zero attached hydrogens (tertiary/aromatic N) is 2. The lowest BCUT2D eigenvalue weighted by atomic mass is 9.75. The van der Waals surface area contributed by atoms with Crippen molar-refractivity contribution in [2.45, 2.75) is 44.1 Å². The van der Waals surface area contributed by atoms with E-state index in [2.05, 4.69) is 21.5 Å². The molecule has 196 valence electrons. The van der Waals surface area contributed by atoms with Gasteiger partial charge < -0.3 is 19.3 Å². The summed E-state index contributed by atoms with van der Waals surface area (Å²) < 4.78 is 15.4. The Morgan fingerprint density at radius 3 is 2.54 bits per heavy atom. The molecule has 5 rings (SSSR count). The molecule has 3 fully saturated rings. The Hall–Kier alpha value is -3.41. The van der Waals surface area contributed by atoms with Crippen molar-refractivity contribution in [2.75, 3.05) is 40.0 Å². The molecule has 0 aliphatic carbocycles. The molecule has 3 aliphatic rings. The normalized spacial score (nSPS) is 22.0. The fraction of sp³-hybridized carbons (Fsp3) is 0.483. The van der Waals surface area contributed by atoms with Gasteiger partial charge in [-0.25, -0.2) is 4.98 Å². The number of fused-ring (bicyclic) bond motifs is 3. The molecule has 3 aliphatic heterocycles. The Labute approximate surface area is 217 Å². The monoisotopic (exact) mass is 506 g/mol. The van der Waals surface area contributed by atoms with E-state index >= 15 is 0 Å². The summed E-state index contributed by atoms with van der Waals surface area (Å²) >= 11 is 0. The number of methoxy groups -OCH3 is 1. The third-order valence-electron chi connectivity index (χ3n) is 6.87. The first-order valence-corrected chi connectivity index (χ1v) is 12.8. The van der Waals surface area contributed by atoms with Crippen LogP contribution in [0.5, 0.6) is 5.88 Å². The summed E-state index contributed by atoms with van der Waals surface area (Å²) in [6.45, 7) is 3.19. The van der Waals surface area contributed by atoms with Gasteiger partial charge in [0.1, 0.15) is 5.60 Å². The van der Waals surface area contributed by atoms with E-state index in [1.165, 1.54) is 7.11 Å². The number of rotatable bonds is 10. The Bertz CT molecular complexity index is 1130. The predicted molar refractivity (Wildman–Crippen MR) is 137 cm³/mol. The zero-order valence-electron chi connectivity index (χ0n) is 21.3. The van der Waals surface area contributed by atoms with Gasteiger partial charge in [0, 0.05) is 36.9 Å². The highest BCUT2D eigenvalue weighted by atomic mass is 16.5. The second kappa shape index (κ2) is 12.7. The first-order chi connectivity index (χ1) is 17.9. The van der Waals surface area contributed by atoms with Crippen LogP contribution in [-0.4, -0.2) is 72.5 Å². The van der Waals surface area contributed by atoms with Gasteiger partial charge in [-0.15, -0.1) is 0 Å². The summed E-state index contributed by atoms with van der Waals surface area (Å²) in [4.78, 5) is 29.8. The largest absolute Gasteiger partial charge is 0.478 e. The average Bonchev–Trinajstić information content (AvgIpc) is 2.92. The summed E-state index contributed by atoms with van der Waals surface area (Å²) in [6, 6.07) is 13.7. The van der Waals surface area contributed by atoms with Gasteiger partial charge in [-0.2, -0.15) is 0 Å². The van der Waals surface area contributed by atoms with Crippen molar-refractivity contribution in [3.05, 3.63) is 59.3 Å². The van der Waals surface area contributed by atoms with Crippen LogP contribution in [-0.2, 0) is 25.5 Å². The van der Waals surface area contributed by atoms with E-state index in [-0.39, 0.29) is 25.4 Å². The van der Waals surface area contributed by atoms with Crippen molar-refractivity contribution >= 4 is 11.9 Å². The maximum Gasteiger partial charge on any atom is 0.306 e. The van der Waals surface area contributed by atoms with E-state index in [0.717, 1.165) is 42.8 Å². The molecular formula is C29H34N2O6. The number of carbonyl (C=O) groups excluding carboxylic acids is 2. The SMILES string of the molecule is COC(=O)CCC(=O)OCCCOc1ccc(C#CC2(O)CN3CCC2CC3)c(Cc2ccccc2)n1. The quantitative estimate of drug-likeness (QED) is 0.299. The van der Waals surface area contributed by atoms with Crippen LogP contribution in [0.3, 0.4) is 0 Å². The van der Waals surface area contributed by atoms with Crippen LogP contribution >= 0.6 is 0 Å². The number of piperidine rings is 3. The highest BCUT2D eigenvalue weighted by Gasteiger charge is 2.44. The van der Waals surface area contributed by atoms with Gasteiger partial charge in [0.05, 0.1) is 38.9 Å². The number of carbonyl (C=O) groups is 2. The number of hydrogen-bond acceptors (Lipinski definition) is 8. The van der Waals surface area contributed by atoms with E-state index in [4.69, 9.17) is 14.5 Å². The van der Waals surface area contributed by atoms with Crippen LogP contribution in [0.4, 0.5) is 0 Å². The summed E-state index contributed by atoms with van der Waals surface area (Å²) in [5, 5.41) is 11.2. The lowest BCUT2D eigenvalue weighted by Gasteiger charge is -2.47. The van der Waals surface area contributed by atoms with Gasteiger partial charge >= 0.3 is 11.9 Å². The molecule has 0 saturated carbocycles. The van der Waals surface area contributed by atoms with Crippen LogP contribution in [0.25, 0.3) is 0 Å². The first kappa shape index (κ1) is 26.6. The second-order valence-corrected chi connectivity index (χ2v) is 9.53.